The molecule has 1 heterocycles. The Morgan fingerprint density at radius 1 is 0.929 bits per heavy atom. The van der Waals surface area contributed by atoms with Crippen LogP contribution in [0.5, 0.6) is 0 Å². The molecule has 0 amide bonds. The molecule has 28 heavy (non-hydrogen) atoms. The topological polar surface area (TPSA) is 76.2 Å². The van der Waals surface area contributed by atoms with Gasteiger partial charge in [-0.25, -0.2) is 0 Å². The number of carbonyl (C=O) groups is 3. The summed E-state index contributed by atoms with van der Waals surface area (Å²) >= 11 is 0. The van der Waals surface area contributed by atoms with Crippen molar-refractivity contribution in [3.05, 3.63) is 71.4 Å². The minimum atomic E-state index is -0.552. The third-order valence-electron chi connectivity index (χ3n) is 4.62. The molecule has 0 saturated carbocycles. The van der Waals surface area contributed by atoms with Crippen LogP contribution >= 0.6 is 0 Å². The molecule has 5 heteroatoms. The second-order valence-corrected chi connectivity index (χ2v) is 6.70. The number of hydrogen-bond acceptors (Lipinski definition) is 4. The second kappa shape index (κ2) is 9.13. The number of Topliss-reactive ketones (excluding diaryl/α,β-unsaturated/α-hetero) is 2. The number of ketones is 2. The van der Waals surface area contributed by atoms with Gasteiger partial charge in [0.25, 0.3) is 0 Å². The van der Waals surface area contributed by atoms with Crippen molar-refractivity contribution < 1.29 is 19.1 Å². The number of aryl methyl sites for hydroxylation is 1. The summed E-state index contributed by atoms with van der Waals surface area (Å²) < 4.78 is 5.06. The lowest BCUT2D eigenvalue weighted by molar-refractivity contribution is -0.142. The Labute approximate surface area is 163 Å². The quantitative estimate of drug-likeness (QED) is 0.440. The maximum Gasteiger partial charge on any atom is 0.306 e. The van der Waals surface area contributed by atoms with Crippen molar-refractivity contribution in [2.24, 2.45) is 0 Å². The number of para-hydroxylation sites is 1. The van der Waals surface area contributed by atoms with Crippen LogP contribution in [0.4, 0.5) is 0 Å². The summed E-state index contributed by atoms with van der Waals surface area (Å²) in [7, 11) is 0. The fourth-order valence-corrected chi connectivity index (χ4v) is 3.10. The number of nitrogens with one attached hydrogen (secondary N) is 1. The normalized spacial score (nSPS) is 10.8. The number of aromatic nitrogens is 1. The molecule has 0 aliphatic heterocycles. The average Bonchev–Trinajstić information content (AvgIpc) is 3.15. The summed E-state index contributed by atoms with van der Waals surface area (Å²) in [6.07, 6.45) is 3.66. The number of rotatable bonds is 9. The zero-order valence-corrected chi connectivity index (χ0v) is 15.9. The first-order valence-electron chi connectivity index (χ1n) is 9.45. The van der Waals surface area contributed by atoms with E-state index in [1.807, 2.05) is 36.4 Å². The number of H-pyrrole nitrogens is 1. The van der Waals surface area contributed by atoms with Gasteiger partial charge >= 0.3 is 5.97 Å². The van der Waals surface area contributed by atoms with Crippen LogP contribution in [-0.4, -0.2) is 29.1 Å². The Hall–Kier alpha value is -3.21. The van der Waals surface area contributed by atoms with Gasteiger partial charge in [0.05, 0.1) is 6.42 Å². The highest BCUT2D eigenvalue weighted by Gasteiger charge is 2.15. The van der Waals surface area contributed by atoms with Gasteiger partial charge in [0, 0.05) is 34.6 Å². The summed E-state index contributed by atoms with van der Waals surface area (Å²) in [6.45, 7) is 1.77. The summed E-state index contributed by atoms with van der Waals surface area (Å²) in [4.78, 5) is 39.5. The van der Waals surface area contributed by atoms with Crippen LogP contribution in [0.25, 0.3) is 10.9 Å². The molecule has 0 atom stereocenters. The smallest absolute Gasteiger partial charge is 0.306 e. The number of esters is 1. The number of ether oxygens (including phenoxy) is 1. The third-order valence-corrected chi connectivity index (χ3v) is 4.62. The molecule has 0 radical (unpaired) electrons. The minimum absolute atomic E-state index is 0.0449. The number of aromatic amines is 1. The van der Waals surface area contributed by atoms with Gasteiger partial charge in [-0.1, -0.05) is 55.8 Å². The zero-order chi connectivity index (χ0) is 19.9. The van der Waals surface area contributed by atoms with E-state index in [1.54, 1.807) is 18.3 Å². The third kappa shape index (κ3) is 4.74. The maximum atomic E-state index is 12.3. The van der Waals surface area contributed by atoms with Gasteiger partial charge in [-0.2, -0.15) is 0 Å². The van der Waals surface area contributed by atoms with E-state index >= 15 is 0 Å². The average molecular weight is 377 g/mol. The van der Waals surface area contributed by atoms with Crippen molar-refractivity contribution in [1.82, 2.24) is 4.98 Å². The monoisotopic (exact) mass is 377 g/mol. The fourth-order valence-electron chi connectivity index (χ4n) is 3.10. The molecule has 2 aromatic carbocycles. The Balaban J connectivity index is 1.47. The van der Waals surface area contributed by atoms with Crippen molar-refractivity contribution in [2.75, 3.05) is 6.61 Å². The number of hydrogen-bond donors (Lipinski definition) is 1. The molecule has 3 rings (SSSR count). The van der Waals surface area contributed by atoms with Crippen LogP contribution in [0.1, 0.15) is 52.5 Å². The van der Waals surface area contributed by atoms with Gasteiger partial charge in [0.2, 0.25) is 5.78 Å². The van der Waals surface area contributed by atoms with Crippen LogP contribution in [0.3, 0.4) is 0 Å². The number of benzene rings is 2. The Morgan fingerprint density at radius 2 is 1.68 bits per heavy atom. The molecule has 0 unspecified atom stereocenters. The van der Waals surface area contributed by atoms with Crippen molar-refractivity contribution in [1.29, 1.82) is 0 Å². The second-order valence-electron chi connectivity index (χ2n) is 6.70. The number of fused-ring (bicyclic) bond motifs is 1. The maximum absolute atomic E-state index is 12.3. The fraction of sp³-hybridized carbons (Fsp3) is 0.261. The van der Waals surface area contributed by atoms with Gasteiger partial charge in [0.1, 0.15) is 0 Å². The van der Waals surface area contributed by atoms with Crippen molar-refractivity contribution in [3.8, 4) is 0 Å². The van der Waals surface area contributed by atoms with E-state index < -0.39 is 5.97 Å². The van der Waals surface area contributed by atoms with Crippen LogP contribution in [-0.2, 0) is 16.0 Å². The van der Waals surface area contributed by atoms with Crippen molar-refractivity contribution in [3.63, 3.8) is 0 Å². The molecule has 0 saturated heterocycles. The SMILES string of the molecule is CCCc1ccc(C(=O)CCC(=O)OCC(=O)c2c[nH]c3ccccc23)cc1. The van der Waals surface area contributed by atoms with Crippen molar-refractivity contribution in [2.45, 2.75) is 32.6 Å². The number of carbonyl (C=O) groups excluding carboxylic acids is 3. The highest BCUT2D eigenvalue weighted by atomic mass is 16.5. The Morgan fingerprint density at radius 3 is 2.43 bits per heavy atom. The molecule has 0 fully saturated rings. The van der Waals surface area contributed by atoms with Crippen molar-refractivity contribution >= 4 is 28.4 Å². The van der Waals surface area contributed by atoms with Crippen LogP contribution in [0.15, 0.2) is 54.7 Å². The standard InChI is InChI=1S/C23H23NO4/c1-2-5-16-8-10-17(11-9-16)21(25)12-13-23(27)28-15-22(26)19-14-24-20-7-4-3-6-18(19)20/h3-4,6-11,14,24H,2,5,12-13,15H2,1H3. The largest absolute Gasteiger partial charge is 0.457 e. The van der Waals surface area contributed by atoms with Gasteiger partial charge in [-0.05, 0) is 18.1 Å². The summed E-state index contributed by atoms with van der Waals surface area (Å²) in [5.41, 5.74) is 3.12. The summed E-state index contributed by atoms with van der Waals surface area (Å²) in [5, 5.41) is 0.797. The van der Waals surface area contributed by atoms with Gasteiger partial charge in [0.15, 0.2) is 12.4 Å². The van der Waals surface area contributed by atoms with Gasteiger partial charge in [-0.3, -0.25) is 14.4 Å². The lowest BCUT2D eigenvalue weighted by Gasteiger charge is -2.05. The molecule has 0 aliphatic rings. The molecular formula is C23H23NO4. The van der Waals surface area contributed by atoms with Crippen LogP contribution in [0, 0.1) is 0 Å². The molecule has 0 bridgehead atoms. The minimum Gasteiger partial charge on any atom is -0.457 e. The van der Waals surface area contributed by atoms with Gasteiger partial charge < -0.3 is 9.72 Å². The van der Waals surface area contributed by atoms with E-state index in [4.69, 9.17) is 4.74 Å². The Bertz CT molecular complexity index is 985. The van der Waals surface area contributed by atoms with E-state index in [2.05, 4.69) is 11.9 Å². The van der Waals surface area contributed by atoms with E-state index in [-0.39, 0.29) is 31.0 Å². The highest BCUT2D eigenvalue weighted by Crippen LogP contribution is 2.18. The van der Waals surface area contributed by atoms with E-state index in [1.165, 1.54) is 5.56 Å². The highest BCUT2D eigenvalue weighted by molar-refractivity contribution is 6.08. The molecule has 144 valence electrons. The first-order valence-corrected chi connectivity index (χ1v) is 9.45. The van der Waals surface area contributed by atoms with E-state index in [0.29, 0.717) is 11.1 Å². The predicted octanol–water partition coefficient (Wildman–Crippen LogP) is 4.51. The van der Waals surface area contributed by atoms with E-state index in [0.717, 1.165) is 23.7 Å². The predicted molar refractivity (Wildman–Crippen MR) is 108 cm³/mol. The zero-order valence-electron chi connectivity index (χ0n) is 15.9. The summed E-state index contributed by atoms with van der Waals surface area (Å²) in [6, 6.07) is 14.9. The lowest BCUT2D eigenvalue weighted by atomic mass is 10.0. The van der Waals surface area contributed by atoms with Gasteiger partial charge in [-0.15, -0.1) is 0 Å². The Kier molecular flexibility index (Phi) is 6.37. The molecule has 0 spiro atoms. The van der Waals surface area contributed by atoms with Crippen LogP contribution < -0.4 is 0 Å². The lowest BCUT2D eigenvalue weighted by Crippen LogP contribution is -2.15. The molecular weight excluding hydrogens is 354 g/mol. The molecule has 5 nitrogen and oxygen atoms in total. The first kappa shape index (κ1) is 19.5. The first-order chi connectivity index (χ1) is 13.6. The molecule has 0 aliphatic carbocycles. The molecule has 1 N–H and O–H groups in total. The molecule has 1 aromatic heterocycles. The molecule has 3 aromatic rings. The van der Waals surface area contributed by atoms with Crippen LogP contribution in [0.2, 0.25) is 0 Å². The van der Waals surface area contributed by atoms with E-state index in [9.17, 15) is 14.4 Å². The summed E-state index contributed by atoms with van der Waals surface area (Å²) in [5.74, 6) is -0.935.